The van der Waals surface area contributed by atoms with Gasteiger partial charge < -0.3 is 10.3 Å². The van der Waals surface area contributed by atoms with Gasteiger partial charge >= 0.3 is 0 Å². The van der Waals surface area contributed by atoms with Crippen LogP contribution in [0.3, 0.4) is 0 Å². The van der Waals surface area contributed by atoms with Crippen LogP contribution in [0.4, 0.5) is 5.69 Å². The molecule has 0 unspecified atom stereocenters. The Hall–Kier alpha value is -1.42. The van der Waals surface area contributed by atoms with E-state index >= 15 is 0 Å². The molecule has 0 aliphatic rings. The Labute approximate surface area is 93.3 Å². The van der Waals surface area contributed by atoms with Gasteiger partial charge in [-0.1, -0.05) is 30.0 Å². The molecule has 0 saturated heterocycles. The molecule has 15 heavy (non-hydrogen) atoms. The van der Waals surface area contributed by atoms with Crippen molar-refractivity contribution in [1.82, 2.24) is 9.55 Å². The molecule has 0 radical (unpaired) electrons. The quantitative estimate of drug-likeness (QED) is 0.636. The van der Waals surface area contributed by atoms with Crippen LogP contribution in [0, 0.1) is 0 Å². The maximum absolute atomic E-state index is 5.86. The first kappa shape index (κ1) is 10.1. The monoisotopic (exact) mass is 219 g/mol. The first-order chi connectivity index (χ1) is 7.27. The molecule has 0 atom stereocenters. The summed E-state index contributed by atoms with van der Waals surface area (Å²) in [6.45, 7) is 0. The highest BCUT2D eigenvalue weighted by atomic mass is 32.2. The van der Waals surface area contributed by atoms with E-state index in [1.54, 1.807) is 18.0 Å². The molecule has 4 heteroatoms. The highest BCUT2D eigenvalue weighted by Gasteiger charge is 2.02. The summed E-state index contributed by atoms with van der Waals surface area (Å²) in [6, 6.07) is 7.93. The van der Waals surface area contributed by atoms with Gasteiger partial charge in [0.15, 0.2) is 5.16 Å². The number of nitrogens with two attached hydrogens (primary N) is 1. The lowest BCUT2D eigenvalue weighted by Gasteiger charge is -2.04. The average Bonchev–Trinajstić information content (AvgIpc) is 2.63. The summed E-state index contributed by atoms with van der Waals surface area (Å²) in [5.41, 5.74) is 7.86. The summed E-state index contributed by atoms with van der Waals surface area (Å²) >= 11 is 1.69. The van der Waals surface area contributed by atoms with E-state index in [0.717, 1.165) is 22.2 Å². The molecule has 0 aliphatic carbocycles. The summed E-state index contributed by atoms with van der Waals surface area (Å²) in [5, 5.41) is 1.01. The number of rotatable bonds is 3. The van der Waals surface area contributed by atoms with Gasteiger partial charge in [0.25, 0.3) is 0 Å². The van der Waals surface area contributed by atoms with E-state index in [1.807, 2.05) is 42.1 Å². The van der Waals surface area contributed by atoms with Gasteiger partial charge in [-0.05, 0) is 11.6 Å². The molecule has 1 aromatic carbocycles. The summed E-state index contributed by atoms with van der Waals surface area (Å²) < 4.78 is 2.00. The van der Waals surface area contributed by atoms with Gasteiger partial charge in [0.1, 0.15) is 0 Å². The van der Waals surface area contributed by atoms with E-state index in [0.29, 0.717) is 0 Å². The van der Waals surface area contributed by atoms with Crippen molar-refractivity contribution in [2.45, 2.75) is 10.9 Å². The van der Waals surface area contributed by atoms with Crippen molar-refractivity contribution >= 4 is 17.4 Å². The molecule has 78 valence electrons. The number of thioether (sulfide) groups is 1. The lowest BCUT2D eigenvalue weighted by atomic mass is 10.2. The minimum atomic E-state index is 0.846. The molecule has 0 bridgehead atoms. The molecular weight excluding hydrogens is 206 g/mol. The third kappa shape index (κ3) is 2.33. The molecule has 0 aliphatic heterocycles. The zero-order chi connectivity index (χ0) is 10.7. The van der Waals surface area contributed by atoms with Crippen LogP contribution in [0.25, 0.3) is 0 Å². The van der Waals surface area contributed by atoms with Crippen LogP contribution in [0.15, 0.2) is 41.8 Å². The summed E-state index contributed by atoms with van der Waals surface area (Å²) in [5.74, 6) is 0.859. The van der Waals surface area contributed by atoms with Crippen LogP contribution in [0.1, 0.15) is 5.56 Å². The smallest absolute Gasteiger partial charge is 0.167 e. The fraction of sp³-hybridized carbons (Fsp3) is 0.182. The predicted octanol–water partition coefficient (Wildman–Crippen LogP) is 2.29. The van der Waals surface area contributed by atoms with E-state index in [2.05, 4.69) is 4.98 Å². The molecular formula is C11H13N3S. The van der Waals surface area contributed by atoms with Gasteiger partial charge in [-0.25, -0.2) is 4.98 Å². The van der Waals surface area contributed by atoms with E-state index in [-0.39, 0.29) is 0 Å². The Morgan fingerprint density at radius 2 is 2.20 bits per heavy atom. The van der Waals surface area contributed by atoms with Crippen molar-refractivity contribution in [1.29, 1.82) is 0 Å². The molecule has 3 nitrogen and oxygen atoms in total. The second-order valence-corrected chi connectivity index (χ2v) is 4.25. The number of aromatic nitrogens is 2. The highest BCUT2D eigenvalue weighted by molar-refractivity contribution is 7.98. The van der Waals surface area contributed by atoms with Crippen molar-refractivity contribution in [3.8, 4) is 0 Å². The zero-order valence-electron chi connectivity index (χ0n) is 8.55. The van der Waals surface area contributed by atoms with Crippen LogP contribution >= 0.6 is 11.8 Å². The summed E-state index contributed by atoms with van der Waals surface area (Å²) in [7, 11) is 1.99. The van der Waals surface area contributed by atoms with Gasteiger partial charge in [-0.3, -0.25) is 0 Å². The van der Waals surface area contributed by atoms with Crippen LogP contribution in [0.2, 0.25) is 0 Å². The normalized spacial score (nSPS) is 10.5. The van der Waals surface area contributed by atoms with Crippen molar-refractivity contribution in [2.24, 2.45) is 7.05 Å². The van der Waals surface area contributed by atoms with Crippen molar-refractivity contribution in [2.75, 3.05) is 5.73 Å². The van der Waals surface area contributed by atoms with Crippen molar-refractivity contribution < 1.29 is 0 Å². The highest BCUT2D eigenvalue weighted by Crippen LogP contribution is 2.23. The second-order valence-electron chi connectivity index (χ2n) is 3.31. The SMILES string of the molecule is Cn1ccnc1SCc1ccccc1N. The van der Waals surface area contributed by atoms with Crippen molar-refractivity contribution in [3.05, 3.63) is 42.2 Å². The average molecular weight is 219 g/mol. The minimum Gasteiger partial charge on any atom is -0.398 e. The number of hydrogen-bond acceptors (Lipinski definition) is 3. The first-order valence-electron chi connectivity index (χ1n) is 4.71. The Morgan fingerprint density at radius 3 is 2.87 bits per heavy atom. The lowest BCUT2D eigenvalue weighted by Crippen LogP contribution is -1.93. The Kier molecular flexibility index (Phi) is 2.97. The van der Waals surface area contributed by atoms with Crippen LogP contribution in [-0.4, -0.2) is 9.55 Å². The first-order valence-corrected chi connectivity index (χ1v) is 5.69. The van der Waals surface area contributed by atoms with E-state index in [1.165, 1.54) is 0 Å². The number of hydrogen-bond donors (Lipinski definition) is 1. The van der Waals surface area contributed by atoms with Crippen LogP contribution < -0.4 is 5.73 Å². The second kappa shape index (κ2) is 4.40. The van der Waals surface area contributed by atoms with Crippen molar-refractivity contribution in [3.63, 3.8) is 0 Å². The third-order valence-corrected chi connectivity index (χ3v) is 3.30. The number of anilines is 1. The largest absolute Gasteiger partial charge is 0.398 e. The predicted molar refractivity (Wildman–Crippen MR) is 63.6 cm³/mol. The standard InChI is InChI=1S/C11H13N3S/c1-14-7-6-13-11(14)15-8-9-4-2-3-5-10(9)12/h2-7H,8,12H2,1H3. The van der Waals surface area contributed by atoms with Gasteiger partial charge in [0.2, 0.25) is 0 Å². The van der Waals surface area contributed by atoms with E-state index in [9.17, 15) is 0 Å². The molecule has 1 heterocycles. The molecule has 2 rings (SSSR count). The fourth-order valence-corrected chi connectivity index (χ4v) is 2.25. The molecule has 2 aromatic rings. The molecule has 0 spiro atoms. The third-order valence-electron chi connectivity index (χ3n) is 2.19. The number of benzene rings is 1. The fourth-order valence-electron chi connectivity index (χ4n) is 1.30. The molecule has 0 amide bonds. The van der Waals surface area contributed by atoms with Gasteiger partial charge in [-0.2, -0.15) is 0 Å². The molecule has 0 fully saturated rings. The van der Waals surface area contributed by atoms with Gasteiger partial charge in [0.05, 0.1) is 0 Å². The Balaban J connectivity index is 2.06. The topological polar surface area (TPSA) is 43.8 Å². The number of para-hydroxylation sites is 1. The number of nitrogens with zero attached hydrogens (tertiary/aromatic N) is 2. The van der Waals surface area contributed by atoms with Crippen LogP contribution in [0.5, 0.6) is 0 Å². The number of nitrogen functional groups attached to an aromatic ring is 1. The Bertz CT molecular complexity index is 451. The Morgan fingerprint density at radius 1 is 1.40 bits per heavy atom. The molecule has 0 saturated carbocycles. The number of imidazole rings is 1. The van der Waals surface area contributed by atoms with E-state index < -0.39 is 0 Å². The molecule has 2 N–H and O–H groups in total. The summed E-state index contributed by atoms with van der Waals surface area (Å²) in [6.07, 6.45) is 3.74. The lowest BCUT2D eigenvalue weighted by molar-refractivity contribution is 0.790. The summed E-state index contributed by atoms with van der Waals surface area (Å²) in [4.78, 5) is 4.25. The maximum atomic E-state index is 5.86. The number of aryl methyl sites for hydroxylation is 1. The van der Waals surface area contributed by atoms with Gasteiger partial charge in [-0.15, -0.1) is 0 Å². The van der Waals surface area contributed by atoms with E-state index in [4.69, 9.17) is 5.73 Å². The van der Waals surface area contributed by atoms with Crippen LogP contribution in [-0.2, 0) is 12.8 Å². The van der Waals surface area contributed by atoms with Gasteiger partial charge in [0, 0.05) is 30.9 Å². The molecule has 1 aromatic heterocycles. The zero-order valence-corrected chi connectivity index (χ0v) is 9.37. The maximum Gasteiger partial charge on any atom is 0.167 e. The minimum absolute atomic E-state index is 0.846.